The van der Waals surface area contributed by atoms with Crippen LogP contribution in [-0.4, -0.2) is 11.7 Å². The Morgan fingerprint density at radius 2 is 2.33 bits per heavy atom. The predicted molar refractivity (Wildman–Crippen MR) is 49.3 cm³/mol. The fraction of sp³-hybridized carbons (Fsp3) is 0.333. The van der Waals surface area contributed by atoms with E-state index in [9.17, 15) is 5.11 Å². The lowest BCUT2D eigenvalue weighted by molar-refractivity contribution is 0.140. The van der Waals surface area contributed by atoms with Crippen molar-refractivity contribution >= 4 is 15.9 Å². The number of fused-ring (bicyclic) bond motifs is 1. The van der Waals surface area contributed by atoms with Crippen molar-refractivity contribution in [2.45, 2.75) is 13.0 Å². The van der Waals surface area contributed by atoms with E-state index in [1.54, 1.807) is 0 Å². The molecule has 2 rings (SSSR count). The highest BCUT2D eigenvalue weighted by molar-refractivity contribution is 9.10. The van der Waals surface area contributed by atoms with Crippen LogP contribution >= 0.6 is 15.9 Å². The Labute approximate surface area is 79.3 Å². The van der Waals surface area contributed by atoms with Crippen LogP contribution in [0.3, 0.4) is 0 Å². The quantitative estimate of drug-likeness (QED) is 0.738. The molecule has 1 aliphatic heterocycles. The van der Waals surface area contributed by atoms with Gasteiger partial charge in [0, 0.05) is 10.0 Å². The number of aliphatic hydroxyl groups excluding tert-OH is 1. The van der Waals surface area contributed by atoms with E-state index in [4.69, 9.17) is 4.74 Å². The Kier molecular flexibility index (Phi) is 1.85. The average molecular weight is 229 g/mol. The van der Waals surface area contributed by atoms with Crippen LogP contribution in [0.5, 0.6) is 5.75 Å². The lowest BCUT2D eigenvalue weighted by atomic mass is 10.1. The molecule has 0 saturated carbocycles. The number of benzene rings is 1. The van der Waals surface area contributed by atoms with E-state index in [2.05, 4.69) is 15.9 Å². The smallest absolute Gasteiger partial charge is 0.126 e. The molecule has 64 valence electrons. The molecule has 1 atom stereocenters. The van der Waals surface area contributed by atoms with E-state index in [-0.39, 0.29) is 0 Å². The molecule has 1 aliphatic rings. The topological polar surface area (TPSA) is 29.5 Å². The zero-order chi connectivity index (χ0) is 8.72. The summed E-state index contributed by atoms with van der Waals surface area (Å²) < 4.78 is 6.29. The van der Waals surface area contributed by atoms with Crippen molar-refractivity contribution in [2.24, 2.45) is 0 Å². The van der Waals surface area contributed by atoms with Crippen LogP contribution in [-0.2, 0) is 0 Å². The van der Waals surface area contributed by atoms with E-state index < -0.39 is 6.10 Å². The molecule has 1 N–H and O–H groups in total. The number of hydrogen-bond acceptors (Lipinski definition) is 2. The van der Waals surface area contributed by atoms with Gasteiger partial charge in [-0.3, -0.25) is 0 Å². The summed E-state index contributed by atoms with van der Waals surface area (Å²) in [7, 11) is 0. The van der Waals surface area contributed by atoms with Crippen molar-refractivity contribution in [3.63, 3.8) is 0 Å². The second kappa shape index (κ2) is 2.75. The average Bonchev–Trinajstić information content (AvgIpc) is 2.35. The van der Waals surface area contributed by atoms with Gasteiger partial charge in [0.05, 0.1) is 0 Å². The molecule has 2 nitrogen and oxygen atoms in total. The van der Waals surface area contributed by atoms with Gasteiger partial charge in [-0.15, -0.1) is 0 Å². The van der Waals surface area contributed by atoms with Crippen molar-refractivity contribution in [3.8, 4) is 5.75 Å². The summed E-state index contributed by atoms with van der Waals surface area (Å²) in [6.07, 6.45) is -0.452. The standard InChI is InChI=1S/C9H9BrO2/c1-5-2-6-8(11)4-12-9(6)3-7(5)10/h2-3,8,11H,4H2,1H3. The first-order chi connectivity index (χ1) is 5.68. The molecular formula is C9H9BrO2. The van der Waals surface area contributed by atoms with E-state index in [0.29, 0.717) is 6.61 Å². The minimum atomic E-state index is -0.452. The molecule has 0 radical (unpaired) electrons. The van der Waals surface area contributed by atoms with Crippen molar-refractivity contribution in [1.29, 1.82) is 0 Å². The molecule has 0 aromatic heterocycles. The molecule has 0 amide bonds. The van der Waals surface area contributed by atoms with Gasteiger partial charge < -0.3 is 9.84 Å². The number of ether oxygens (including phenoxy) is 1. The first kappa shape index (κ1) is 8.08. The van der Waals surface area contributed by atoms with Gasteiger partial charge in [0.2, 0.25) is 0 Å². The maximum absolute atomic E-state index is 9.46. The third-order valence-corrected chi connectivity index (χ3v) is 2.90. The molecule has 1 heterocycles. The lowest BCUT2D eigenvalue weighted by Crippen LogP contribution is -1.97. The van der Waals surface area contributed by atoms with Gasteiger partial charge in [-0.05, 0) is 24.6 Å². The molecule has 1 aromatic carbocycles. The number of rotatable bonds is 0. The summed E-state index contributed by atoms with van der Waals surface area (Å²) in [4.78, 5) is 0. The maximum Gasteiger partial charge on any atom is 0.126 e. The number of hydrogen-bond donors (Lipinski definition) is 1. The van der Waals surface area contributed by atoms with E-state index >= 15 is 0 Å². The van der Waals surface area contributed by atoms with E-state index in [1.165, 1.54) is 0 Å². The van der Waals surface area contributed by atoms with Crippen LogP contribution < -0.4 is 4.74 Å². The molecule has 0 saturated heterocycles. The summed E-state index contributed by atoms with van der Waals surface area (Å²) in [6.45, 7) is 2.38. The van der Waals surface area contributed by atoms with Crippen LogP contribution in [0.1, 0.15) is 17.2 Å². The summed E-state index contributed by atoms with van der Waals surface area (Å²) in [5.41, 5.74) is 2.02. The largest absolute Gasteiger partial charge is 0.490 e. The Bertz CT molecular complexity index is 323. The zero-order valence-electron chi connectivity index (χ0n) is 6.67. The summed E-state index contributed by atoms with van der Waals surface area (Å²) in [6, 6.07) is 3.86. The monoisotopic (exact) mass is 228 g/mol. The van der Waals surface area contributed by atoms with Crippen molar-refractivity contribution in [1.82, 2.24) is 0 Å². The summed E-state index contributed by atoms with van der Waals surface area (Å²) in [5, 5.41) is 9.46. The predicted octanol–water partition coefficient (Wildman–Crippen LogP) is 2.18. The Morgan fingerprint density at radius 1 is 1.58 bits per heavy atom. The van der Waals surface area contributed by atoms with E-state index in [1.807, 2.05) is 19.1 Å². The second-order valence-corrected chi connectivity index (χ2v) is 3.82. The third kappa shape index (κ3) is 1.13. The second-order valence-electron chi connectivity index (χ2n) is 2.97. The van der Waals surface area contributed by atoms with Crippen LogP contribution in [0.15, 0.2) is 16.6 Å². The van der Waals surface area contributed by atoms with E-state index in [0.717, 1.165) is 21.3 Å². The van der Waals surface area contributed by atoms with Crippen LogP contribution in [0.2, 0.25) is 0 Å². The molecule has 0 fully saturated rings. The van der Waals surface area contributed by atoms with Gasteiger partial charge in [-0.25, -0.2) is 0 Å². The van der Waals surface area contributed by atoms with Gasteiger partial charge in [-0.2, -0.15) is 0 Å². The third-order valence-electron chi connectivity index (χ3n) is 2.05. The molecule has 3 heteroatoms. The highest BCUT2D eigenvalue weighted by atomic mass is 79.9. The normalized spacial score (nSPS) is 20.4. The molecule has 0 spiro atoms. The lowest BCUT2D eigenvalue weighted by Gasteiger charge is -2.03. The van der Waals surface area contributed by atoms with Gasteiger partial charge >= 0.3 is 0 Å². The van der Waals surface area contributed by atoms with Gasteiger partial charge in [0.15, 0.2) is 0 Å². The Balaban J connectivity index is 2.56. The molecule has 0 bridgehead atoms. The minimum Gasteiger partial charge on any atom is -0.490 e. The molecule has 12 heavy (non-hydrogen) atoms. The van der Waals surface area contributed by atoms with Crippen LogP contribution in [0.25, 0.3) is 0 Å². The van der Waals surface area contributed by atoms with Gasteiger partial charge in [-0.1, -0.05) is 15.9 Å². The van der Waals surface area contributed by atoms with Crippen molar-refractivity contribution in [3.05, 3.63) is 27.7 Å². The fourth-order valence-corrected chi connectivity index (χ4v) is 1.65. The number of halogens is 1. The van der Waals surface area contributed by atoms with Crippen LogP contribution in [0.4, 0.5) is 0 Å². The van der Waals surface area contributed by atoms with Crippen molar-refractivity contribution in [2.75, 3.05) is 6.61 Å². The fourth-order valence-electron chi connectivity index (χ4n) is 1.33. The van der Waals surface area contributed by atoms with Gasteiger partial charge in [0.1, 0.15) is 18.5 Å². The van der Waals surface area contributed by atoms with Crippen molar-refractivity contribution < 1.29 is 9.84 Å². The first-order valence-corrected chi connectivity index (χ1v) is 4.58. The first-order valence-electron chi connectivity index (χ1n) is 3.79. The highest BCUT2D eigenvalue weighted by Crippen LogP contribution is 2.36. The zero-order valence-corrected chi connectivity index (χ0v) is 8.26. The Hall–Kier alpha value is -0.540. The number of aliphatic hydroxyl groups is 1. The number of aryl methyl sites for hydroxylation is 1. The maximum atomic E-state index is 9.46. The summed E-state index contributed by atoms with van der Waals surface area (Å²) >= 11 is 3.41. The molecule has 0 aliphatic carbocycles. The highest BCUT2D eigenvalue weighted by Gasteiger charge is 2.22. The molecule has 1 unspecified atom stereocenters. The SMILES string of the molecule is Cc1cc2c(cc1Br)OCC2O. The molecule has 1 aromatic rings. The van der Waals surface area contributed by atoms with Gasteiger partial charge in [0.25, 0.3) is 0 Å². The Morgan fingerprint density at radius 3 is 3.08 bits per heavy atom. The minimum absolute atomic E-state index is 0.380. The molecular weight excluding hydrogens is 220 g/mol. The summed E-state index contributed by atoms with van der Waals surface area (Å²) in [5.74, 6) is 0.792. The van der Waals surface area contributed by atoms with Crippen LogP contribution in [0, 0.1) is 6.92 Å².